The molecule has 0 aliphatic rings. The summed E-state index contributed by atoms with van der Waals surface area (Å²) in [4.78, 5) is 12.1. The Morgan fingerprint density at radius 3 is 2.37 bits per heavy atom. The molecule has 0 saturated heterocycles. The minimum absolute atomic E-state index is 0.356. The Morgan fingerprint density at radius 1 is 1.16 bits per heavy atom. The molecular weight excluding hydrogens is 353 g/mol. The molecule has 0 aliphatic heterocycles. The molecule has 0 bridgehead atoms. The third-order valence-corrected chi connectivity index (χ3v) is 3.20. The molecule has 1 aromatic heterocycles. The number of hydrogen-bond donors (Lipinski definition) is 0. The first kappa shape index (κ1) is 14.1. The van der Waals surface area contributed by atoms with E-state index in [1.54, 1.807) is 6.20 Å². The molecule has 0 saturated carbocycles. The predicted octanol–water partition coefficient (Wildman–Crippen LogP) is 4.54. The Kier molecular flexibility index (Phi) is 3.99. The molecule has 2 rings (SSSR count). The minimum atomic E-state index is -0.495. The first-order valence-corrected chi connectivity index (χ1v) is 7.11. The van der Waals surface area contributed by atoms with Crippen molar-refractivity contribution in [1.29, 1.82) is 0 Å². The van der Waals surface area contributed by atoms with Crippen LogP contribution in [0.15, 0.2) is 42.6 Å². The maximum atomic E-state index is 12.1. The molecule has 0 fully saturated rings. The molecule has 0 radical (unpaired) electrons. The molecule has 3 nitrogen and oxygen atoms in total. The van der Waals surface area contributed by atoms with Gasteiger partial charge in [0, 0.05) is 9.77 Å². The third kappa shape index (κ3) is 3.59. The largest absolute Gasteiger partial charge is 0.443 e. The Morgan fingerprint density at radius 2 is 1.79 bits per heavy atom. The fraction of sp³-hybridized carbons (Fsp3) is 0.267. The first-order chi connectivity index (χ1) is 8.87. The lowest BCUT2D eigenvalue weighted by atomic mass is 10.1. The van der Waals surface area contributed by atoms with E-state index in [0.29, 0.717) is 0 Å². The molecule has 0 atom stereocenters. The van der Waals surface area contributed by atoms with Crippen LogP contribution in [-0.2, 0) is 4.74 Å². The van der Waals surface area contributed by atoms with Crippen LogP contribution in [-0.4, -0.2) is 16.3 Å². The molecule has 19 heavy (non-hydrogen) atoms. The molecule has 100 valence electrons. The van der Waals surface area contributed by atoms with Crippen LogP contribution in [0.4, 0.5) is 4.79 Å². The highest BCUT2D eigenvalue weighted by atomic mass is 127. The lowest BCUT2D eigenvalue weighted by Crippen LogP contribution is -2.27. The van der Waals surface area contributed by atoms with Gasteiger partial charge in [0.2, 0.25) is 0 Å². The number of benzene rings is 1. The van der Waals surface area contributed by atoms with Gasteiger partial charge in [-0.3, -0.25) is 4.57 Å². The van der Waals surface area contributed by atoms with E-state index in [4.69, 9.17) is 4.74 Å². The highest BCUT2D eigenvalue weighted by Crippen LogP contribution is 2.22. The summed E-state index contributed by atoms with van der Waals surface area (Å²) in [7, 11) is 0. The quantitative estimate of drug-likeness (QED) is 0.691. The van der Waals surface area contributed by atoms with E-state index >= 15 is 0 Å². The first-order valence-electron chi connectivity index (χ1n) is 6.03. The molecule has 2 aromatic rings. The van der Waals surface area contributed by atoms with Crippen LogP contribution in [0.1, 0.15) is 20.8 Å². The summed E-state index contributed by atoms with van der Waals surface area (Å²) >= 11 is 2.26. The Hall–Kier alpha value is -1.30. The van der Waals surface area contributed by atoms with Crippen LogP contribution in [0.2, 0.25) is 0 Å². The van der Waals surface area contributed by atoms with Crippen molar-refractivity contribution in [2.45, 2.75) is 26.4 Å². The predicted molar refractivity (Wildman–Crippen MR) is 84.2 cm³/mol. The number of carbonyl (C=O) groups excluding carboxylic acids is 1. The average Bonchev–Trinajstić information content (AvgIpc) is 2.76. The van der Waals surface area contributed by atoms with Crippen LogP contribution in [0.25, 0.3) is 11.3 Å². The SMILES string of the molecule is CC(C)(C)OC(=O)n1cccc1-c1ccc(I)cc1. The van der Waals surface area contributed by atoms with Gasteiger partial charge in [-0.25, -0.2) is 4.79 Å². The zero-order chi connectivity index (χ0) is 14.0. The van der Waals surface area contributed by atoms with E-state index in [-0.39, 0.29) is 6.09 Å². The molecule has 0 unspecified atom stereocenters. The monoisotopic (exact) mass is 369 g/mol. The second-order valence-corrected chi connectivity index (χ2v) is 6.50. The van der Waals surface area contributed by atoms with Gasteiger partial charge in [0.25, 0.3) is 0 Å². The van der Waals surface area contributed by atoms with Crippen molar-refractivity contribution in [1.82, 2.24) is 4.57 Å². The van der Waals surface area contributed by atoms with Gasteiger partial charge >= 0.3 is 6.09 Å². The van der Waals surface area contributed by atoms with E-state index in [1.165, 1.54) is 4.57 Å². The molecule has 1 heterocycles. The van der Waals surface area contributed by atoms with Gasteiger partial charge in [-0.2, -0.15) is 0 Å². The highest BCUT2D eigenvalue weighted by Gasteiger charge is 2.19. The van der Waals surface area contributed by atoms with Crippen LogP contribution in [0.3, 0.4) is 0 Å². The zero-order valence-electron chi connectivity index (χ0n) is 11.2. The van der Waals surface area contributed by atoms with Crippen LogP contribution in [0, 0.1) is 3.57 Å². The molecule has 0 spiro atoms. The number of nitrogens with zero attached hydrogens (tertiary/aromatic N) is 1. The number of hydrogen-bond acceptors (Lipinski definition) is 2. The van der Waals surface area contributed by atoms with E-state index in [2.05, 4.69) is 22.6 Å². The Bertz CT molecular complexity index is 579. The summed E-state index contributed by atoms with van der Waals surface area (Å²) in [6, 6.07) is 11.8. The smallest absolute Gasteiger partial charge is 0.418 e. The van der Waals surface area contributed by atoms with Crippen LogP contribution < -0.4 is 0 Å². The van der Waals surface area contributed by atoms with Crippen molar-refractivity contribution >= 4 is 28.7 Å². The summed E-state index contributed by atoms with van der Waals surface area (Å²) in [5, 5.41) is 0. The Labute approximate surface area is 126 Å². The fourth-order valence-electron chi connectivity index (χ4n) is 1.71. The summed E-state index contributed by atoms with van der Waals surface area (Å²) in [6.07, 6.45) is 1.37. The zero-order valence-corrected chi connectivity index (χ0v) is 13.3. The fourth-order valence-corrected chi connectivity index (χ4v) is 2.07. The van der Waals surface area contributed by atoms with Crippen molar-refractivity contribution < 1.29 is 9.53 Å². The summed E-state index contributed by atoms with van der Waals surface area (Å²) in [6.45, 7) is 5.58. The number of carbonyl (C=O) groups is 1. The molecule has 0 N–H and O–H groups in total. The van der Waals surface area contributed by atoms with Crippen molar-refractivity contribution in [3.8, 4) is 11.3 Å². The molecule has 4 heteroatoms. The van der Waals surface area contributed by atoms with Gasteiger partial charge in [0.15, 0.2) is 0 Å². The number of halogens is 1. The normalized spacial score (nSPS) is 11.4. The van der Waals surface area contributed by atoms with Gasteiger partial charge in [0.05, 0.1) is 5.69 Å². The minimum Gasteiger partial charge on any atom is -0.443 e. The average molecular weight is 369 g/mol. The number of rotatable bonds is 1. The summed E-state index contributed by atoms with van der Waals surface area (Å²) in [5.41, 5.74) is 1.34. The topological polar surface area (TPSA) is 31.2 Å². The van der Waals surface area contributed by atoms with Crippen LogP contribution >= 0.6 is 22.6 Å². The van der Waals surface area contributed by atoms with Gasteiger partial charge in [-0.05, 0) is 73.2 Å². The lowest BCUT2D eigenvalue weighted by Gasteiger charge is -2.20. The van der Waals surface area contributed by atoms with Gasteiger partial charge in [-0.1, -0.05) is 12.1 Å². The van der Waals surface area contributed by atoms with Gasteiger partial charge < -0.3 is 4.74 Å². The molecule has 1 aromatic carbocycles. The third-order valence-electron chi connectivity index (χ3n) is 2.48. The number of ether oxygens (including phenoxy) is 1. The van der Waals surface area contributed by atoms with Gasteiger partial charge in [0.1, 0.15) is 5.60 Å². The maximum absolute atomic E-state index is 12.1. The molecule has 0 aliphatic carbocycles. The molecule has 0 amide bonds. The lowest BCUT2D eigenvalue weighted by molar-refractivity contribution is 0.0540. The van der Waals surface area contributed by atoms with E-state index in [9.17, 15) is 4.79 Å². The van der Waals surface area contributed by atoms with E-state index in [1.807, 2.05) is 57.2 Å². The summed E-state index contributed by atoms with van der Waals surface area (Å²) in [5.74, 6) is 0. The Balaban J connectivity index is 2.32. The van der Waals surface area contributed by atoms with E-state index < -0.39 is 5.60 Å². The second-order valence-electron chi connectivity index (χ2n) is 5.25. The van der Waals surface area contributed by atoms with Gasteiger partial charge in [-0.15, -0.1) is 0 Å². The maximum Gasteiger partial charge on any atom is 0.418 e. The standard InChI is InChI=1S/C15H16INO2/c1-15(2,3)19-14(18)17-10-4-5-13(17)11-6-8-12(16)9-7-11/h4-10H,1-3H3. The van der Waals surface area contributed by atoms with E-state index in [0.717, 1.165) is 14.8 Å². The second kappa shape index (κ2) is 5.36. The molecular formula is C15H16INO2. The van der Waals surface area contributed by atoms with Crippen molar-refractivity contribution in [3.05, 3.63) is 46.2 Å². The van der Waals surface area contributed by atoms with Crippen molar-refractivity contribution in [2.75, 3.05) is 0 Å². The van der Waals surface area contributed by atoms with Crippen molar-refractivity contribution in [2.24, 2.45) is 0 Å². The van der Waals surface area contributed by atoms with Crippen molar-refractivity contribution in [3.63, 3.8) is 0 Å². The van der Waals surface area contributed by atoms with Crippen LogP contribution in [0.5, 0.6) is 0 Å². The summed E-state index contributed by atoms with van der Waals surface area (Å²) < 4.78 is 8.09. The highest BCUT2D eigenvalue weighted by molar-refractivity contribution is 14.1. The number of aromatic nitrogens is 1.